The molecular formula is C21H25N2+. The molecule has 0 aliphatic carbocycles. The fraction of sp³-hybridized carbons (Fsp3) is 0.429. The zero-order valence-electron chi connectivity index (χ0n) is 13.9. The minimum atomic E-state index is 0.556. The van der Waals surface area contributed by atoms with E-state index in [9.17, 15) is 0 Å². The van der Waals surface area contributed by atoms with E-state index in [1.807, 2.05) is 0 Å². The van der Waals surface area contributed by atoms with Crippen LogP contribution < -0.4 is 0 Å². The lowest BCUT2D eigenvalue weighted by Crippen LogP contribution is -2.63. The third-order valence-electron chi connectivity index (χ3n) is 6.57. The Balaban J connectivity index is 1.71. The molecule has 3 aliphatic heterocycles. The lowest BCUT2D eigenvalue weighted by molar-refractivity contribution is -0.950. The summed E-state index contributed by atoms with van der Waals surface area (Å²) in [5.41, 5.74) is 6.35. The molecule has 0 aromatic heterocycles. The van der Waals surface area contributed by atoms with Crippen molar-refractivity contribution in [2.75, 3.05) is 33.2 Å². The third kappa shape index (κ3) is 1.95. The average molecular weight is 305 g/mol. The van der Waals surface area contributed by atoms with Crippen molar-refractivity contribution in [3.05, 3.63) is 70.8 Å². The lowest BCUT2D eigenvalue weighted by atomic mass is 9.78. The van der Waals surface area contributed by atoms with Crippen LogP contribution in [0.25, 0.3) is 0 Å². The highest BCUT2D eigenvalue weighted by Crippen LogP contribution is 2.50. The van der Waals surface area contributed by atoms with Crippen LogP contribution in [0.4, 0.5) is 0 Å². The number of quaternary nitrogens is 1. The Hall–Kier alpha value is -1.64. The largest absolute Gasteiger partial charge is 0.317 e. The smallest absolute Gasteiger partial charge is 0.135 e. The molecule has 118 valence electrons. The molecule has 2 nitrogen and oxygen atoms in total. The van der Waals surface area contributed by atoms with E-state index in [-0.39, 0.29) is 0 Å². The van der Waals surface area contributed by atoms with E-state index >= 15 is 0 Å². The fourth-order valence-electron chi connectivity index (χ4n) is 5.29. The van der Waals surface area contributed by atoms with Crippen molar-refractivity contribution in [2.24, 2.45) is 0 Å². The van der Waals surface area contributed by atoms with Crippen molar-refractivity contribution in [3.8, 4) is 0 Å². The SMILES string of the molecule is C[N+]12CCc3ccccc3[C@H]1[C@@H]1c3ccccc3CCN1CC2. The van der Waals surface area contributed by atoms with Gasteiger partial charge in [0.25, 0.3) is 0 Å². The van der Waals surface area contributed by atoms with Gasteiger partial charge in [-0.25, -0.2) is 0 Å². The number of nitrogens with zero attached hydrogens (tertiary/aromatic N) is 2. The van der Waals surface area contributed by atoms with Crippen LogP contribution in [-0.2, 0) is 12.8 Å². The number of hydrogen-bond donors (Lipinski definition) is 0. The Labute approximate surface area is 138 Å². The van der Waals surface area contributed by atoms with Crippen molar-refractivity contribution in [2.45, 2.75) is 24.9 Å². The molecular weight excluding hydrogens is 280 g/mol. The van der Waals surface area contributed by atoms with Crippen molar-refractivity contribution < 1.29 is 4.48 Å². The van der Waals surface area contributed by atoms with Gasteiger partial charge in [-0.2, -0.15) is 0 Å². The minimum Gasteiger partial charge on any atom is -0.317 e. The average Bonchev–Trinajstić information content (AvgIpc) is 2.60. The summed E-state index contributed by atoms with van der Waals surface area (Å²) in [7, 11) is 2.50. The van der Waals surface area contributed by atoms with Gasteiger partial charge in [-0.1, -0.05) is 48.5 Å². The second-order valence-corrected chi connectivity index (χ2v) is 7.75. The molecule has 0 bridgehead atoms. The minimum absolute atomic E-state index is 0.556. The van der Waals surface area contributed by atoms with E-state index in [0.29, 0.717) is 12.1 Å². The van der Waals surface area contributed by atoms with Gasteiger partial charge in [0.2, 0.25) is 0 Å². The van der Waals surface area contributed by atoms with E-state index in [0.717, 1.165) is 0 Å². The molecule has 1 unspecified atom stereocenters. The summed E-state index contributed by atoms with van der Waals surface area (Å²) in [4.78, 5) is 2.76. The molecule has 1 fully saturated rings. The van der Waals surface area contributed by atoms with Crippen molar-refractivity contribution in [1.82, 2.24) is 4.90 Å². The Morgan fingerprint density at radius 1 is 0.826 bits per heavy atom. The maximum absolute atomic E-state index is 2.76. The molecule has 1 saturated heterocycles. The first-order chi connectivity index (χ1) is 11.3. The first kappa shape index (κ1) is 13.8. The normalized spacial score (nSPS) is 32.4. The topological polar surface area (TPSA) is 3.24 Å². The number of likely N-dealkylation sites (N-methyl/N-ethyl adjacent to an activating group) is 1. The van der Waals surface area contributed by atoms with E-state index in [1.54, 1.807) is 22.3 Å². The van der Waals surface area contributed by atoms with E-state index in [1.165, 1.54) is 43.5 Å². The monoisotopic (exact) mass is 305 g/mol. The summed E-state index contributed by atoms with van der Waals surface area (Å²) in [6, 6.07) is 19.5. The zero-order chi connectivity index (χ0) is 15.4. The van der Waals surface area contributed by atoms with E-state index in [2.05, 4.69) is 60.5 Å². The Morgan fingerprint density at radius 3 is 2.35 bits per heavy atom. The van der Waals surface area contributed by atoms with E-state index < -0.39 is 0 Å². The summed E-state index contributed by atoms with van der Waals surface area (Å²) in [6.07, 6.45) is 2.45. The quantitative estimate of drug-likeness (QED) is 0.675. The van der Waals surface area contributed by atoms with Crippen LogP contribution in [0.3, 0.4) is 0 Å². The highest BCUT2D eigenvalue weighted by molar-refractivity contribution is 5.39. The number of benzene rings is 2. The van der Waals surface area contributed by atoms with Crippen molar-refractivity contribution in [1.29, 1.82) is 0 Å². The predicted octanol–water partition coefficient (Wildman–Crippen LogP) is 3.34. The maximum atomic E-state index is 2.76. The van der Waals surface area contributed by atoms with Crippen molar-refractivity contribution >= 4 is 0 Å². The molecule has 3 aliphatic rings. The maximum Gasteiger partial charge on any atom is 0.135 e. The standard InChI is InChI=1S/C21H25N2/c1-23-14-11-17-7-3-5-9-19(17)21(23)20-18-8-4-2-6-16(18)10-12-22(20)13-15-23/h2-9,20-21H,10-15H2,1H3/q+1/t20-,21-,23?/m0/s1. The Bertz CT molecular complexity index is 753. The van der Waals surface area contributed by atoms with Crippen LogP contribution in [0.2, 0.25) is 0 Å². The molecule has 23 heavy (non-hydrogen) atoms. The highest BCUT2D eigenvalue weighted by Gasteiger charge is 2.51. The van der Waals surface area contributed by atoms with Gasteiger partial charge in [-0.15, -0.1) is 0 Å². The van der Waals surface area contributed by atoms with Crippen LogP contribution in [0.1, 0.15) is 34.3 Å². The second-order valence-electron chi connectivity index (χ2n) is 7.75. The van der Waals surface area contributed by atoms with Gasteiger partial charge in [0, 0.05) is 25.1 Å². The molecule has 0 radical (unpaired) electrons. The first-order valence-corrected chi connectivity index (χ1v) is 9.00. The summed E-state index contributed by atoms with van der Waals surface area (Å²) in [6.45, 7) is 5.04. The Morgan fingerprint density at radius 2 is 1.52 bits per heavy atom. The third-order valence-corrected chi connectivity index (χ3v) is 6.57. The molecule has 3 atom stereocenters. The number of rotatable bonds is 0. The zero-order valence-corrected chi connectivity index (χ0v) is 13.9. The molecule has 0 amide bonds. The molecule has 2 heteroatoms. The molecule has 3 heterocycles. The second kappa shape index (κ2) is 4.93. The molecule has 2 aromatic carbocycles. The van der Waals surface area contributed by atoms with Crippen LogP contribution in [0.15, 0.2) is 48.5 Å². The van der Waals surface area contributed by atoms with Gasteiger partial charge in [-0.3, -0.25) is 4.90 Å². The van der Waals surface area contributed by atoms with Gasteiger partial charge in [0.15, 0.2) is 0 Å². The van der Waals surface area contributed by atoms with Gasteiger partial charge in [0.1, 0.15) is 6.04 Å². The predicted molar refractivity (Wildman–Crippen MR) is 93.3 cm³/mol. The molecule has 0 N–H and O–H groups in total. The summed E-state index contributed by atoms with van der Waals surface area (Å²) < 4.78 is 1.21. The Kier molecular flexibility index (Phi) is 2.95. The first-order valence-electron chi connectivity index (χ1n) is 9.00. The summed E-state index contributed by atoms with van der Waals surface area (Å²) in [5.74, 6) is 0. The van der Waals surface area contributed by atoms with Crippen LogP contribution in [-0.4, -0.2) is 42.6 Å². The molecule has 0 saturated carbocycles. The van der Waals surface area contributed by atoms with Gasteiger partial charge >= 0.3 is 0 Å². The van der Waals surface area contributed by atoms with Crippen molar-refractivity contribution in [3.63, 3.8) is 0 Å². The van der Waals surface area contributed by atoms with Crippen LogP contribution >= 0.6 is 0 Å². The number of piperazine rings is 1. The summed E-state index contributed by atoms with van der Waals surface area (Å²) >= 11 is 0. The summed E-state index contributed by atoms with van der Waals surface area (Å²) in [5, 5.41) is 0. The fourth-order valence-corrected chi connectivity index (χ4v) is 5.29. The van der Waals surface area contributed by atoms with Gasteiger partial charge < -0.3 is 4.48 Å². The van der Waals surface area contributed by atoms with Gasteiger partial charge in [0.05, 0.1) is 26.2 Å². The van der Waals surface area contributed by atoms with Gasteiger partial charge in [-0.05, 0) is 23.1 Å². The number of fused-ring (bicyclic) bond motifs is 7. The lowest BCUT2D eigenvalue weighted by Gasteiger charge is -2.56. The van der Waals surface area contributed by atoms with Crippen LogP contribution in [0.5, 0.6) is 0 Å². The molecule has 5 rings (SSSR count). The van der Waals surface area contributed by atoms with Crippen LogP contribution in [0, 0.1) is 0 Å². The highest BCUT2D eigenvalue weighted by atomic mass is 15.4. The number of hydrogen-bond acceptors (Lipinski definition) is 1. The molecule has 0 spiro atoms. The van der Waals surface area contributed by atoms with E-state index in [4.69, 9.17) is 0 Å². The molecule has 2 aromatic rings.